The molecule has 0 unspecified atom stereocenters. The molecular weight excluding hydrogens is 332 g/mol. The molecule has 0 saturated carbocycles. The van der Waals surface area contributed by atoms with Crippen molar-refractivity contribution in [2.75, 3.05) is 0 Å². The van der Waals surface area contributed by atoms with Crippen LogP contribution in [0.4, 0.5) is 0 Å². The number of ketones is 1. The number of benzene rings is 1. The first kappa shape index (κ1) is 17.0. The molecule has 0 amide bonds. The Morgan fingerprint density at radius 1 is 1.24 bits per heavy atom. The molecule has 0 saturated heterocycles. The van der Waals surface area contributed by atoms with Gasteiger partial charge < -0.3 is 4.57 Å². The monoisotopic (exact) mass is 350 g/mol. The van der Waals surface area contributed by atoms with Crippen molar-refractivity contribution in [2.45, 2.75) is 19.9 Å². The van der Waals surface area contributed by atoms with Crippen molar-refractivity contribution < 1.29 is 4.79 Å². The highest BCUT2D eigenvalue weighted by molar-refractivity contribution is 7.08. The van der Waals surface area contributed by atoms with Crippen molar-refractivity contribution in [3.05, 3.63) is 92.9 Å². The second-order valence-corrected chi connectivity index (χ2v) is 6.58. The minimum absolute atomic E-state index is 0.00826. The molecule has 5 heteroatoms. The summed E-state index contributed by atoms with van der Waals surface area (Å²) in [6, 6.07) is 13.2. The number of carbonyl (C=O) groups excluding carboxylic acids is 1. The van der Waals surface area contributed by atoms with Gasteiger partial charge in [-0.25, -0.2) is 0 Å². The molecule has 25 heavy (non-hydrogen) atoms. The van der Waals surface area contributed by atoms with Crippen LogP contribution >= 0.6 is 11.5 Å². The van der Waals surface area contributed by atoms with E-state index in [0.29, 0.717) is 11.3 Å². The zero-order valence-corrected chi connectivity index (χ0v) is 14.8. The first-order chi connectivity index (χ1) is 12.1. The lowest BCUT2D eigenvalue weighted by Gasteiger charge is -2.05. The standard InChI is InChI=1S/C20H18N2O2S/c1-3-15-9-10-19(24)22(12-15)13-18(23)20-14(2)17(21-25-20)11-16-7-5-4-6-8-16/h3-10,12H,1,11,13H2,2H3. The molecule has 0 spiro atoms. The molecule has 0 aliphatic heterocycles. The van der Waals surface area contributed by atoms with Crippen molar-refractivity contribution >= 4 is 23.4 Å². The van der Waals surface area contributed by atoms with Crippen molar-refractivity contribution in [3.63, 3.8) is 0 Å². The number of hydrogen-bond acceptors (Lipinski definition) is 4. The van der Waals surface area contributed by atoms with Crippen LogP contribution in [-0.2, 0) is 13.0 Å². The minimum atomic E-state index is -0.203. The van der Waals surface area contributed by atoms with E-state index in [2.05, 4.69) is 11.0 Å². The molecule has 3 aromatic rings. The van der Waals surface area contributed by atoms with Crippen LogP contribution in [0.1, 0.15) is 32.1 Å². The summed E-state index contributed by atoms with van der Waals surface area (Å²) in [6.45, 7) is 5.61. The van der Waals surface area contributed by atoms with Gasteiger partial charge >= 0.3 is 0 Å². The van der Waals surface area contributed by atoms with E-state index in [0.717, 1.165) is 22.4 Å². The largest absolute Gasteiger partial charge is 0.307 e. The second kappa shape index (κ2) is 7.40. The number of rotatable bonds is 6. The van der Waals surface area contributed by atoms with Crippen LogP contribution < -0.4 is 5.56 Å². The predicted octanol–water partition coefficient (Wildman–Crippen LogP) is 3.73. The molecule has 0 N–H and O–H groups in total. The van der Waals surface area contributed by atoms with E-state index in [1.54, 1.807) is 18.3 Å². The maximum absolute atomic E-state index is 12.6. The molecule has 2 heterocycles. The molecule has 0 bridgehead atoms. The Labute approximate surface area is 150 Å². The Morgan fingerprint density at radius 3 is 2.72 bits per heavy atom. The van der Waals surface area contributed by atoms with Crippen LogP contribution in [0.15, 0.2) is 60.0 Å². The van der Waals surface area contributed by atoms with Gasteiger partial charge in [-0.3, -0.25) is 9.59 Å². The van der Waals surface area contributed by atoms with Crippen molar-refractivity contribution in [1.82, 2.24) is 8.94 Å². The van der Waals surface area contributed by atoms with Gasteiger partial charge in [0.2, 0.25) is 0 Å². The van der Waals surface area contributed by atoms with E-state index < -0.39 is 0 Å². The first-order valence-corrected chi connectivity index (χ1v) is 8.71. The van der Waals surface area contributed by atoms with Gasteiger partial charge in [-0.05, 0) is 41.2 Å². The van der Waals surface area contributed by atoms with Crippen LogP contribution in [0.2, 0.25) is 0 Å². The van der Waals surface area contributed by atoms with Gasteiger partial charge in [0, 0.05) is 18.7 Å². The predicted molar refractivity (Wildman–Crippen MR) is 101 cm³/mol. The summed E-state index contributed by atoms with van der Waals surface area (Å²) in [5, 5.41) is 0. The minimum Gasteiger partial charge on any atom is -0.307 e. The Kier molecular flexibility index (Phi) is 5.05. The van der Waals surface area contributed by atoms with E-state index in [9.17, 15) is 9.59 Å². The van der Waals surface area contributed by atoms with Crippen molar-refractivity contribution in [1.29, 1.82) is 0 Å². The summed E-state index contributed by atoms with van der Waals surface area (Å²) < 4.78 is 5.86. The Morgan fingerprint density at radius 2 is 2.00 bits per heavy atom. The summed E-state index contributed by atoms with van der Waals surface area (Å²) in [7, 11) is 0. The molecule has 0 atom stereocenters. The van der Waals surface area contributed by atoms with Crippen molar-refractivity contribution in [2.24, 2.45) is 0 Å². The smallest absolute Gasteiger partial charge is 0.250 e. The lowest BCUT2D eigenvalue weighted by Crippen LogP contribution is -2.23. The maximum atomic E-state index is 12.6. The van der Waals surface area contributed by atoms with Gasteiger partial charge in [-0.2, -0.15) is 4.37 Å². The Hall–Kier alpha value is -2.79. The molecule has 3 rings (SSSR count). The number of Topliss-reactive ketones (excluding diaryl/α,β-unsaturated/α-hetero) is 1. The lowest BCUT2D eigenvalue weighted by molar-refractivity contribution is 0.0974. The van der Waals surface area contributed by atoms with Crippen molar-refractivity contribution in [3.8, 4) is 0 Å². The number of carbonyl (C=O) groups is 1. The third-order valence-corrected chi connectivity index (χ3v) is 5.07. The summed E-state index contributed by atoms with van der Waals surface area (Å²) in [6.07, 6.45) is 3.99. The van der Waals surface area contributed by atoms with E-state index in [4.69, 9.17) is 0 Å². The average molecular weight is 350 g/mol. The van der Waals surface area contributed by atoms with Gasteiger partial charge in [-0.1, -0.05) is 43.0 Å². The summed E-state index contributed by atoms with van der Waals surface area (Å²) in [4.78, 5) is 25.2. The number of hydrogen-bond donors (Lipinski definition) is 0. The van der Waals surface area contributed by atoms with Gasteiger partial charge in [0.1, 0.15) is 0 Å². The van der Waals surface area contributed by atoms with E-state index in [-0.39, 0.29) is 17.9 Å². The van der Waals surface area contributed by atoms with E-state index in [1.165, 1.54) is 22.2 Å². The van der Waals surface area contributed by atoms with Gasteiger partial charge in [0.05, 0.1) is 17.1 Å². The Balaban J connectivity index is 1.82. The average Bonchev–Trinajstić information content (AvgIpc) is 2.98. The van der Waals surface area contributed by atoms with Crippen LogP contribution in [-0.4, -0.2) is 14.7 Å². The molecule has 4 nitrogen and oxygen atoms in total. The molecule has 1 aromatic carbocycles. The quantitative estimate of drug-likeness (QED) is 0.637. The topological polar surface area (TPSA) is 52.0 Å². The lowest BCUT2D eigenvalue weighted by atomic mass is 10.1. The zero-order valence-electron chi connectivity index (χ0n) is 13.9. The summed E-state index contributed by atoms with van der Waals surface area (Å²) in [5.41, 5.74) is 3.56. The van der Waals surface area contributed by atoms with Crippen LogP contribution in [0, 0.1) is 6.92 Å². The molecule has 2 aromatic heterocycles. The second-order valence-electron chi connectivity index (χ2n) is 5.80. The maximum Gasteiger partial charge on any atom is 0.250 e. The highest BCUT2D eigenvalue weighted by atomic mass is 32.1. The number of nitrogens with zero attached hydrogens (tertiary/aromatic N) is 2. The number of pyridine rings is 1. The highest BCUT2D eigenvalue weighted by Crippen LogP contribution is 2.21. The Bertz CT molecular complexity index is 971. The van der Waals surface area contributed by atoms with Gasteiger partial charge in [0.25, 0.3) is 5.56 Å². The highest BCUT2D eigenvalue weighted by Gasteiger charge is 2.17. The van der Waals surface area contributed by atoms with E-state index >= 15 is 0 Å². The molecule has 0 fully saturated rings. The first-order valence-electron chi connectivity index (χ1n) is 7.93. The van der Waals surface area contributed by atoms with Gasteiger partial charge in [0.15, 0.2) is 5.78 Å². The normalized spacial score (nSPS) is 10.6. The van der Waals surface area contributed by atoms with Crippen LogP contribution in [0.5, 0.6) is 0 Å². The fourth-order valence-corrected chi connectivity index (χ4v) is 3.43. The molecule has 0 aliphatic carbocycles. The SMILES string of the molecule is C=Cc1ccc(=O)n(CC(=O)c2snc(Cc3ccccc3)c2C)c1. The fraction of sp³-hybridized carbons (Fsp3) is 0.150. The van der Waals surface area contributed by atoms with Gasteiger partial charge in [-0.15, -0.1) is 0 Å². The zero-order chi connectivity index (χ0) is 17.8. The summed E-state index contributed by atoms with van der Waals surface area (Å²) in [5.74, 6) is -0.0994. The van der Waals surface area contributed by atoms with Crippen LogP contribution in [0.3, 0.4) is 0 Å². The molecular formula is C20H18N2O2S. The van der Waals surface area contributed by atoms with E-state index in [1.807, 2.05) is 37.3 Å². The third kappa shape index (κ3) is 3.83. The number of aromatic nitrogens is 2. The third-order valence-electron chi connectivity index (χ3n) is 4.04. The molecule has 0 aliphatic rings. The summed E-state index contributed by atoms with van der Waals surface area (Å²) >= 11 is 1.20. The van der Waals surface area contributed by atoms with Crippen LogP contribution in [0.25, 0.3) is 6.08 Å². The fourth-order valence-electron chi connectivity index (χ4n) is 2.60. The molecule has 0 radical (unpaired) electrons. The molecule has 126 valence electrons.